The van der Waals surface area contributed by atoms with Crippen molar-refractivity contribution in [3.63, 3.8) is 0 Å². The second kappa shape index (κ2) is 9.30. The van der Waals surface area contributed by atoms with E-state index in [-0.39, 0.29) is 21.4 Å². The molecule has 2 aromatic carbocycles. The van der Waals surface area contributed by atoms with E-state index in [1.165, 1.54) is 0 Å². The highest BCUT2D eigenvalue weighted by atomic mass is 16.7. The van der Waals surface area contributed by atoms with Crippen LogP contribution in [0.5, 0.6) is 11.5 Å². The first kappa shape index (κ1) is 23.1. The average Bonchev–Trinajstić information content (AvgIpc) is 3.17. The number of carboxylic acid groups (broad SMARTS) is 1. The van der Waals surface area contributed by atoms with Crippen molar-refractivity contribution < 1.29 is 27.0 Å². The summed E-state index contributed by atoms with van der Waals surface area (Å²) >= 11 is 0. The molecule has 1 saturated carbocycles. The fraction of sp³-hybridized carbons (Fsp3) is 0.308. The van der Waals surface area contributed by atoms with Gasteiger partial charge in [0.2, 0.25) is 6.79 Å². The number of hydrogen-bond donors (Lipinski definition) is 2. The predicted molar refractivity (Wildman–Crippen MR) is 128 cm³/mol. The van der Waals surface area contributed by atoms with Gasteiger partial charge in [0.15, 0.2) is 11.5 Å². The van der Waals surface area contributed by atoms with Crippen LogP contribution in [-0.2, 0) is 11.2 Å². The van der Waals surface area contributed by atoms with Gasteiger partial charge >= 0.3 is 5.97 Å². The quantitative estimate of drug-likeness (QED) is 0.498. The largest absolute Gasteiger partial charge is 0.477 e. The molecule has 6 nitrogen and oxygen atoms in total. The second-order valence-corrected chi connectivity index (χ2v) is 8.27. The van der Waals surface area contributed by atoms with Gasteiger partial charge in [0.25, 0.3) is 0 Å². The monoisotopic (exact) mass is 439 g/mol. The molecular weight excluding hydrogens is 406 g/mol. The molecule has 2 N–H and O–H groups in total. The average molecular weight is 440 g/mol. The van der Waals surface area contributed by atoms with Gasteiger partial charge in [-0.2, -0.15) is 0 Å². The molecule has 0 unspecified atom stereocenters. The number of rotatable bonds is 5. The third-order valence-electron chi connectivity index (χ3n) is 5.84. The number of benzene rings is 2. The Hall–Kier alpha value is -3.54. The van der Waals surface area contributed by atoms with Crippen molar-refractivity contribution in [2.24, 2.45) is 5.41 Å². The lowest BCUT2D eigenvalue weighted by Crippen LogP contribution is -2.14. The van der Waals surface area contributed by atoms with Crippen LogP contribution in [-0.4, -0.2) is 28.6 Å². The van der Waals surface area contributed by atoms with Gasteiger partial charge in [-0.1, -0.05) is 44.7 Å². The summed E-state index contributed by atoms with van der Waals surface area (Å²) in [6.07, 6.45) is 4.12. The predicted octanol–water partition coefficient (Wildman–Crippen LogP) is 6.14. The molecule has 5 rings (SSSR count). The smallest absolute Gasteiger partial charge is 0.352 e. The van der Waals surface area contributed by atoms with Gasteiger partial charge in [-0.15, -0.1) is 0 Å². The number of aromatic nitrogens is 1. The summed E-state index contributed by atoms with van der Waals surface area (Å²) in [5.41, 5.74) is 3.90. The van der Waals surface area contributed by atoms with E-state index in [1.807, 2.05) is 56.3 Å². The van der Waals surface area contributed by atoms with Crippen molar-refractivity contribution in [1.82, 2.24) is 4.98 Å². The Morgan fingerprint density at radius 3 is 2.31 bits per heavy atom. The van der Waals surface area contributed by atoms with Crippen LogP contribution in [0.2, 0.25) is 0 Å². The lowest BCUT2D eigenvalue weighted by molar-refractivity contribution is -0.122. The Kier molecular flexibility index (Phi) is 6.72. The molecule has 0 spiro atoms. The van der Waals surface area contributed by atoms with Crippen molar-refractivity contribution in [2.75, 3.05) is 6.79 Å². The molecular formula is C26H33NO5. The fourth-order valence-corrected chi connectivity index (χ4v) is 3.47. The topological polar surface area (TPSA) is 88.6 Å². The molecule has 0 bridgehead atoms. The maximum Gasteiger partial charge on any atom is 0.352 e. The number of carboxylic acids is 1. The van der Waals surface area contributed by atoms with Crippen LogP contribution in [0.4, 0.5) is 0 Å². The van der Waals surface area contributed by atoms with Crippen LogP contribution in [0.1, 0.15) is 51.7 Å². The summed E-state index contributed by atoms with van der Waals surface area (Å²) in [5, 5.41) is 9.01. The molecule has 2 aliphatic rings. The van der Waals surface area contributed by atoms with Crippen molar-refractivity contribution in [1.29, 1.82) is 0 Å². The Morgan fingerprint density at radius 2 is 1.75 bits per heavy atom. The van der Waals surface area contributed by atoms with Crippen molar-refractivity contribution in [3.05, 3.63) is 71.5 Å². The lowest BCUT2D eigenvalue weighted by atomic mass is 9.93. The van der Waals surface area contributed by atoms with Crippen LogP contribution < -0.4 is 9.47 Å². The van der Waals surface area contributed by atoms with Crippen LogP contribution >= 0.6 is 0 Å². The van der Waals surface area contributed by atoms with E-state index in [0.717, 1.165) is 46.6 Å². The van der Waals surface area contributed by atoms with Crippen molar-refractivity contribution in [2.45, 2.75) is 40.5 Å². The van der Waals surface area contributed by atoms with Crippen molar-refractivity contribution >= 4 is 11.8 Å². The third kappa shape index (κ3) is 5.02. The molecule has 0 radical (unpaired) electrons. The van der Waals surface area contributed by atoms with Gasteiger partial charge in [0.1, 0.15) is 11.5 Å². The summed E-state index contributed by atoms with van der Waals surface area (Å²) in [4.78, 5) is 26.0. The number of ether oxygens (including phenoxy) is 2. The number of H-pyrrole nitrogens is 1. The number of fused-ring (bicyclic) bond motifs is 1. The van der Waals surface area contributed by atoms with Crippen molar-refractivity contribution in [3.8, 4) is 22.6 Å². The van der Waals surface area contributed by atoms with E-state index in [1.54, 1.807) is 12.3 Å². The minimum atomic E-state index is -0.975. The molecule has 0 atom stereocenters. The highest BCUT2D eigenvalue weighted by molar-refractivity contribution is 5.90. The number of ketones is 1. The third-order valence-corrected chi connectivity index (χ3v) is 5.84. The number of aromatic amines is 1. The number of carbonyl (C=O) groups excluding carboxylic acids is 1. The first-order valence-electron chi connectivity index (χ1n) is 10.3. The normalized spacial score (nSPS) is 14.6. The number of aromatic carboxylic acids is 1. The van der Waals surface area contributed by atoms with Gasteiger partial charge in [0, 0.05) is 26.4 Å². The first-order chi connectivity index (χ1) is 14.9. The summed E-state index contributed by atoms with van der Waals surface area (Å²) in [6, 6.07) is 15.2. The van der Waals surface area contributed by atoms with Gasteiger partial charge in [0.05, 0.1) is 0 Å². The zero-order valence-corrected chi connectivity index (χ0v) is 17.6. The van der Waals surface area contributed by atoms with Crippen LogP contribution in [0, 0.1) is 12.3 Å². The molecule has 1 aliphatic heterocycles. The Labute approximate surface area is 191 Å². The van der Waals surface area contributed by atoms with Gasteiger partial charge in [-0.3, -0.25) is 4.79 Å². The van der Waals surface area contributed by atoms with E-state index in [9.17, 15) is 9.59 Å². The van der Waals surface area contributed by atoms with Gasteiger partial charge in [-0.05, 0) is 54.7 Å². The van der Waals surface area contributed by atoms with E-state index < -0.39 is 5.97 Å². The van der Waals surface area contributed by atoms with E-state index in [0.29, 0.717) is 19.0 Å². The maximum atomic E-state index is 12.2. The zero-order chi connectivity index (χ0) is 22.0. The number of Topliss-reactive ketones (excluding diaryl/α,β-unsaturated/α-hetero) is 1. The summed E-state index contributed by atoms with van der Waals surface area (Å²) in [5.74, 6) is 1.01. The molecule has 2 heterocycles. The minimum absolute atomic E-state index is 0. The molecule has 1 aromatic heterocycles. The molecule has 0 saturated heterocycles. The number of para-hydroxylation sites is 2. The summed E-state index contributed by atoms with van der Waals surface area (Å²) in [6.45, 7) is 4.37. The standard InChI is InChI=1S/C18H19NO3.C7H6O2.CH4.2H2/c1-11-3-4-12(8-16(20)18(2)5-6-18)7-14(11)13-9-15(17(21)22)19-10-13;1-2-4-7-6(3-1)8-5-9-7;;;/h3-4,7,9-10,19H,5-6,8H2,1-2H3,(H,21,22);1-4H,5H2;1H4;2*1H. The summed E-state index contributed by atoms with van der Waals surface area (Å²) in [7, 11) is 0. The minimum Gasteiger partial charge on any atom is -0.477 e. The number of aryl methyl sites for hydroxylation is 1. The van der Waals surface area contributed by atoms with E-state index in [4.69, 9.17) is 14.6 Å². The molecule has 172 valence electrons. The molecule has 3 aromatic rings. The highest BCUT2D eigenvalue weighted by Crippen LogP contribution is 2.46. The Balaban J connectivity index is 0.000000408. The lowest BCUT2D eigenvalue weighted by Gasteiger charge is -2.10. The number of nitrogens with one attached hydrogen (secondary N) is 1. The number of carbonyl (C=O) groups is 2. The van der Waals surface area contributed by atoms with Crippen LogP contribution in [0.3, 0.4) is 0 Å². The summed E-state index contributed by atoms with van der Waals surface area (Å²) < 4.78 is 10.2. The molecule has 1 fully saturated rings. The Morgan fingerprint density at radius 1 is 1.09 bits per heavy atom. The molecule has 32 heavy (non-hydrogen) atoms. The number of hydrogen-bond acceptors (Lipinski definition) is 4. The van der Waals surface area contributed by atoms with Gasteiger partial charge in [-0.25, -0.2) is 4.79 Å². The molecule has 6 heteroatoms. The van der Waals surface area contributed by atoms with Gasteiger partial charge < -0.3 is 19.6 Å². The molecule has 0 amide bonds. The zero-order valence-electron chi connectivity index (χ0n) is 17.6. The van der Waals surface area contributed by atoms with E-state index >= 15 is 0 Å². The SMILES string of the molecule is C.Cc1ccc(CC(=O)C2(C)CC2)cc1-c1c[nH]c(C(=O)O)c1.[HH].[HH].c1ccc2c(c1)OCO2. The Bertz CT molecular complexity index is 1110. The first-order valence-corrected chi connectivity index (χ1v) is 10.3. The maximum absolute atomic E-state index is 12.2. The van der Waals surface area contributed by atoms with Crippen LogP contribution in [0.15, 0.2) is 54.7 Å². The molecule has 1 aliphatic carbocycles. The van der Waals surface area contributed by atoms with E-state index in [2.05, 4.69) is 4.98 Å². The fourth-order valence-electron chi connectivity index (χ4n) is 3.47. The van der Waals surface area contributed by atoms with Crippen LogP contribution in [0.25, 0.3) is 11.1 Å². The second-order valence-electron chi connectivity index (χ2n) is 8.27. The highest BCUT2D eigenvalue weighted by Gasteiger charge is 2.43.